The van der Waals surface area contributed by atoms with E-state index < -0.39 is 6.23 Å². The molecule has 64 valence electrons. The Morgan fingerprint density at radius 3 is 2.58 bits per heavy atom. The van der Waals surface area contributed by atoms with E-state index in [1.54, 1.807) is 6.92 Å². The second-order valence-electron chi connectivity index (χ2n) is 2.53. The minimum absolute atomic E-state index is 0.213. The lowest BCUT2D eigenvalue weighted by Gasteiger charge is -2.05. The first-order valence-electron chi connectivity index (χ1n) is 3.50. The topological polar surface area (TPSA) is 87.9 Å². The number of nitrogens with two attached hydrogens (primary N) is 1. The summed E-state index contributed by atoms with van der Waals surface area (Å²) in [4.78, 5) is 0. The van der Waals surface area contributed by atoms with E-state index in [-0.39, 0.29) is 5.82 Å². The molecular formula is C7H10N4O. The highest BCUT2D eigenvalue weighted by molar-refractivity contribution is 5.51. The Balaban J connectivity index is 3.29. The summed E-state index contributed by atoms with van der Waals surface area (Å²) in [5.74, 6) is 0.213. The van der Waals surface area contributed by atoms with Crippen molar-refractivity contribution in [3.8, 4) is 6.07 Å². The van der Waals surface area contributed by atoms with Crippen LogP contribution < -0.4 is 5.73 Å². The van der Waals surface area contributed by atoms with Gasteiger partial charge in [0.2, 0.25) is 0 Å². The third-order valence-electron chi connectivity index (χ3n) is 1.59. The summed E-state index contributed by atoms with van der Waals surface area (Å²) < 4.78 is 1.22. The van der Waals surface area contributed by atoms with E-state index >= 15 is 0 Å². The van der Waals surface area contributed by atoms with E-state index in [9.17, 15) is 0 Å². The molecule has 1 aromatic rings. The molecule has 1 rings (SSSR count). The highest BCUT2D eigenvalue weighted by atomic mass is 16.3. The summed E-state index contributed by atoms with van der Waals surface area (Å²) >= 11 is 0. The van der Waals surface area contributed by atoms with E-state index in [1.807, 2.05) is 6.07 Å². The maximum atomic E-state index is 9.15. The zero-order valence-electron chi connectivity index (χ0n) is 6.94. The van der Waals surface area contributed by atoms with Gasteiger partial charge in [0.25, 0.3) is 0 Å². The van der Waals surface area contributed by atoms with E-state index in [0.29, 0.717) is 11.3 Å². The van der Waals surface area contributed by atoms with Gasteiger partial charge in [-0.15, -0.1) is 0 Å². The van der Waals surface area contributed by atoms with Crippen LogP contribution in [-0.2, 0) is 0 Å². The van der Waals surface area contributed by atoms with Crippen molar-refractivity contribution in [2.45, 2.75) is 20.1 Å². The van der Waals surface area contributed by atoms with Crippen LogP contribution in [-0.4, -0.2) is 14.9 Å². The number of hydrogen-bond donors (Lipinski definition) is 2. The minimum Gasteiger partial charge on any atom is -0.383 e. The van der Waals surface area contributed by atoms with Crippen LogP contribution in [0.3, 0.4) is 0 Å². The van der Waals surface area contributed by atoms with Gasteiger partial charge in [-0.25, -0.2) is 4.68 Å². The van der Waals surface area contributed by atoms with Gasteiger partial charge in [-0.1, -0.05) is 0 Å². The molecule has 5 heteroatoms. The molecule has 12 heavy (non-hydrogen) atoms. The molecule has 1 aromatic heterocycles. The maximum absolute atomic E-state index is 9.15. The Kier molecular flexibility index (Phi) is 2.02. The highest BCUT2D eigenvalue weighted by Gasteiger charge is 2.13. The quantitative estimate of drug-likeness (QED) is 0.621. The fraction of sp³-hybridized carbons (Fsp3) is 0.429. The monoisotopic (exact) mass is 166 g/mol. The predicted molar refractivity (Wildman–Crippen MR) is 43.0 cm³/mol. The second-order valence-corrected chi connectivity index (χ2v) is 2.53. The SMILES string of the molecule is Cc1nn(C(C)O)c(N)c1C#N. The molecule has 1 atom stereocenters. The number of nitriles is 1. The number of nitrogens with zero attached hydrogens (tertiary/aromatic N) is 3. The molecule has 0 saturated carbocycles. The highest BCUT2D eigenvalue weighted by Crippen LogP contribution is 2.17. The van der Waals surface area contributed by atoms with Crippen LogP contribution in [0.1, 0.15) is 24.4 Å². The molecule has 0 aliphatic rings. The number of rotatable bonds is 1. The molecule has 1 unspecified atom stereocenters. The minimum atomic E-state index is -0.800. The molecule has 3 N–H and O–H groups in total. The van der Waals surface area contributed by atoms with Gasteiger partial charge in [0, 0.05) is 0 Å². The van der Waals surface area contributed by atoms with Crippen molar-refractivity contribution in [3.05, 3.63) is 11.3 Å². The molecule has 0 amide bonds. The van der Waals surface area contributed by atoms with Crippen LogP contribution in [0.15, 0.2) is 0 Å². The Morgan fingerprint density at radius 1 is 1.75 bits per heavy atom. The first-order valence-corrected chi connectivity index (χ1v) is 3.50. The largest absolute Gasteiger partial charge is 0.383 e. The van der Waals surface area contributed by atoms with Crippen LogP contribution in [0, 0.1) is 18.3 Å². The number of nitrogen functional groups attached to an aromatic ring is 1. The summed E-state index contributed by atoms with van der Waals surface area (Å²) in [6, 6.07) is 1.92. The average Bonchev–Trinajstić information content (AvgIpc) is 2.27. The molecular weight excluding hydrogens is 156 g/mol. The molecule has 0 bridgehead atoms. The van der Waals surface area contributed by atoms with Gasteiger partial charge in [-0.2, -0.15) is 10.4 Å². The molecule has 0 saturated heterocycles. The first kappa shape index (κ1) is 8.56. The summed E-state index contributed by atoms with van der Waals surface area (Å²) in [5.41, 5.74) is 6.40. The normalized spacial score (nSPS) is 12.5. The zero-order valence-corrected chi connectivity index (χ0v) is 6.94. The van der Waals surface area contributed by atoms with Crippen LogP contribution >= 0.6 is 0 Å². The third-order valence-corrected chi connectivity index (χ3v) is 1.59. The molecule has 0 aliphatic heterocycles. The smallest absolute Gasteiger partial charge is 0.146 e. The van der Waals surface area contributed by atoms with Gasteiger partial charge in [0.05, 0.1) is 5.69 Å². The van der Waals surface area contributed by atoms with Gasteiger partial charge in [0.1, 0.15) is 23.7 Å². The maximum Gasteiger partial charge on any atom is 0.146 e. The number of aliphatic hydroxyl groups excluding tert-OH is 1. The number of aryl methyl sites for hydroxylation is 1. The molecule has 5 nitrogen and oxygen atoms in total. The van der Waals surface area contributed by atoms with E-state index in [2.05, 4.69) is 5.10 Å². The number of anilines is 1. The van der Waals surface area contributed by atoms with Crippen molar-refractivity contribution in [2.75, 3.05) is 5.73 Å². The van der Waals surface area contributed by atoms with Crippen molar-refractivity contribution in [1.82, 2.24) is 9.78 Å². The summed E-state index contributed by atoms with van der Waals surface area (Å²) in [6.07, 6.45) is -0.800. The predicted octanol–water partition coefficient (Wildman–Crippen LogP) is 0.156. The fourth-order valence-electron chi connectivity index (χ4n) is 0.988. The third kappa shape index (κ3) is 1.12. The average molecular weight is 166 g/mol. The zero-order chi connectivity index (χ0) is 9.30. The Morgan fingerprint density at radius 2 is 2.33 bits per heavy atom. The lowest BCUT2D eigenvalue weighted by Crippen LogP contribution is -2.09. The lowest BCUT2D eigenvalue weighted by atomic mass is 10.3. The van der Waals surface area contributed by atoms with E-state index in [0.717, 1.165) is 0 Å². The Labute approximate surface area is 70.0 Å². The number of aromatic nitrogens is 2. The molecule has 0 aromatic carbocycles. The van der Waals surface area contributed by atoms with E-state index in [4.69, 9.17) is 16.1 Å². The van der Waals surface area contributed by atoms with Gasteiger partial charge in [-0.05, 0) is 13.8 Å². The van der Waals surface area contributed by atoms with Gasteiger partial charge in [0.15, 0.2) is 0 Å². The summed E-state index contributed by atoms with van der Waals surface area (Å²) in [7, 11) is 0. The molecule has 0 spiro atoms. The van der Waals surface area contributed by atoms with Crippen molar-refractivity contribution in [1.29, 1.82) is 5.26 Å². The van der Waals surface area contributed by atoms with Crippen molar-refractivity contribution in [2.24, 2.45) is 0 Å². The van der Waals surface area contributed by atoms with Crippen LogP contribution in [0.5, 0.6) is 0 Å². The fourth-order valence-corrected chi connectivity index (χ4v) is 0.988. The molecule has 1 heterocycles. The van der Waals surface area contributed by atoms with Crippen LogP contribution in [0.4, 0.5) is 5.82 Å². The van der Waals surface area contributed by atoms with Crippen molar-refractivity contribution in [3.63, 3.8) is 0 Å². The molecule has 0 aliphatic carbocycles. The van der Waals surface area contributed by atoms with Crippen LogP contribution in [0.25, 0.3) is 0 Å². The Hall–Kier alpha value is -1.54. The van der Waals surface area contributed by atoms with Gasteiger partial charge < -0.3 is 10.8 Å². The van der Waals surface area contributed by atoms with E-state index in [1.165, 1.54) is 11.6 Å². The van der Waals surface area contributed by atoms with Gasteiger partial charge >= 0.3 is 0 Å². The first-order chi connectivity index (χ1) is 5.57. The molecule has 0 fully saturated rings. The standard InChI is InChI=1S/C7H10N4O/c1-4-6(3-8)7(9)11(10-4)5(2)12/h5,12H,9H2,1-2H3. The van der Waals surface area contributed by atoms with Crippen molar-refractivity contribution >= 4 is 5.82 Å². The lowest BCUT2D eigenvalue weighted by molar-refractivity contribution is 0.113. The number of hydrogen-bond acceptors (Lipinski definition) is 4. The van der Waals surface area contributed by atoms with Gasteiger partial charge in [-0.3, -0.25) is 0 Å². The Bertz CT molecular complexity index is 334. The number of aliphatic hydroxyl groups is 1. The summed E-state index contributed by atoms with van der Waals surface area (Å²) in [6.45, 7) is 3.21. The van der Waals surface area contributed by atoms with Crippen LogP contribution in [0.2, 0.25) is 0 Å². The van der Waals surface area contributed by atoms with Crippen molar-refractivity contribution < 1.29 is 5.11 Å². The summed E-state index contributed by atoms with van der Waals surface area (Å²) in [5, 5.41) is 21.7. The molecule has 0 radical (unpaired) electrons. The second kappa shape index (κ2) is 2.83.